The number of amides is 1. The Kier molecular flexibility index (Phi) is 12.5. The molecule has 0 aliphatic rings. The molecule has 11 nitrogen and oxygen atoms in total. The van der Waals surface area contributed by atoms with Gasteiger partial charge in [0.1, 0.15) is 11.6 Å². The molecule has 4 aromatic carbocycles. The number of hydrogen-bond acceptors (Lipinski definition) is 10. The van der Waals surface area contributed by atoms with Crippen molar-refractivity contribution in [2.75, 3.05) is 7.11 Å². The SMILES string of the molecule is COC(=O)c1ccc(Sc2nc(C)n(-c3ccc(Cl)cc3Cl)n2)cc1.Cc1nc(Sc2ccc(C(=O)NO)cc2)nn1-c1ccc(Cl)cc1Cl. The third-order valence-electron chi connectivity index (χ3n) is 6.69. The molecule has 0 aliphatic heterocycles. The number of carbonyl (C=O) groups excluding carboxylic acids is 2. The number of benzene rings is 4. The van der Waals surface area contributed by atoms with Gasteiger partial charge in [-0.15, -0.1) is 10.2 Å². The summed E-state index contributed by atoms with van der Waals surface area (Å²) in [6, 6.07) is 24.1. The quantitative estimate of drug-likeness (QED) is 0.0874. The molecule has 0 bridgehead atoms. The van der Waals surface area contributed by atoms with E-state index in [2.05, 4.69) is 24.9 Å². The second-order valence-corrected chi connectivity index (χ2v) is 13.9. The van der Waals surface area contributed by atoms with E-state index < -0.39 is 5.91 Å². The highest BCUT2D eigenvalue weighted by Gasteiger charge is 2.15. The summed E-state index contributed by atoms with van der Waals surface area (Å²) in [6.07, 6.45) is 0. The number of esters is 1. The molecular formula is C33H25Cl4N7O4S2. The number of hydroxylamine groups is 1. The van der Waals surface area contributed by atoms with Crippen LogP contribution in [-0.2, 0) is 4.74 Å². The van der Waals surface area contributed by atoms with E-state index in [0.717, 1.165) is 9.79 Å². The minimum absolute atomic E-state index is 0.356. The highest BCUT2D eigenvalue weighted by Crippen LogP contribution is 2.30. The third kappa shape index (κ3) is 9.17. The first-order chi connectivity index (χ1) is 23.9. The van der Waals surface area contributed by atoms with Crippen LogP contribution >= 0.6 is 69.9 Å². The highest BCUT2D eigenvalue weighted by atomic mass is 35.5. The van der Waals surface area contributed by atoms with Crippen LogP contribution in [0.4, 0.5) is 0 Å². The van der Waals surface area contributed by atoms with Gasteiger partial charge in [-0.1, -0.05) is 46.4 Å². The number of carbonyl (C=O) groups is 2. The average molecular weight is 790 g/mol. The van der Waals surface area contributed by atoms with Gasteiger partial charge < -0.3 is 4.74 Å². The minimum Gasteiger partial charge on any atom is -0.465 e. The molecule has 0 unspecified atom stereocenters. The van der Waals surface area contributed by atoms with Crippen LogP contribution in [0.15, 0.2) is 105 Å². The van der Waals surface area contributed by atoms with E-state index in [4.69, 9.17) is 51.6 Å². The molecule has 1 amide bonds. The van der Waals surface area contributed by atoms with E-state index in [0.29, 0.717) is 64.6 Å². The fourth-order valence-corrected chi connectivity index (χ4v) is 6.85. The normalized spacial score (nSPS) is 10.7. The summed E-state index contributed by atoms with van der Waals surface area (Å²) in [4.78, 5) is 33.4. The third-order valence-corrected chi connectivity index (χ3v) is 9.49. The van der Waals surface area contributed by atoms with Crippen LogP contribution in [0, 0.1) is 13.8 Å². The van der Waals surface area contributed by atoms with Gasteiger partial charge in [-0.25, -0.2) is 29.6 Å². The Morgan fingerprint density at radius 2 is 1.10 bits per heavy atom. The number of halogens is 4. The predicted molar refractivity (Wildman–Crippen MR) is 194 cm³/mol. The van der Waals surface area contributed by atoms with Gasteiger partial charge >= 0.3 is 5.97 Å². The lowest BCUT2D eigenvalue weighted by atomic mass is 10.2. The first-order valence-electron chi connectivity index (χ1n) is 14.3. The topological polar surface area (TPSA) is 137 Å². The van der Waals surface area contributed by atoms with Crippen molar-refractivity contribution in [2.45, 2.75) is 34.0 Å². The van der Waals surface area contributed by atoms with Gasteiger partial charge in [0.05, 0.1) is 34.1 Å². The number of aromatic nitrogens is 6. The van der Waals surface area contributed by atoms with Crippen molar-refractivity contribution in [3.05, 3.63) is 128 Å². The number of nitrogens with zero attached hydrogens (tertiary/aromatic N) is 6. The summed E-state index contributed by atoms with van der Waals surface area (Å²) >= 11 is 27.1. The van der Waals surface area contributed by atoms with Crippen LogP contribution in [0.1, 0.15) is 32.4 Å². The Hall–Kier alpha value is -4.08. The molecule has 50 heavy (non-hydrogen) atoms. The smallest absolute Gasteiger partial charge is 0.337 e. The lowest BCUT2D eigenvalue weighted by Gasteiger charge is -2.05. The summed E-state index contributed by atoms with van der Waals surface area (Å²) in [7, 11) is 1.35. The average Bonchev–Trinajstić information content (AvgIpc) is 3.65. The van der Waals surface area contributed by atoms with Gasteiger partial charge in [-0.05, 0) is 122 Å². The number of aryl methyl sites for hydroxylation is 2. The van der Waals surface area contributed by atoms with Crippen molar-refractivity contribution in [3.8, 4) is 11.4 Å². The molecule has 0 saturated heterocycles. The van der Waals surface area contributed by atoms with E-state index >= 15 is 0 Å². The molecule has 2 aromatic heterocycles. The predicted octanol–water partition coefficient (Wildman–Crippen LogP) is 8.97. The van der Waals surface area contributed by atoms with Crippen molar-refractivity contribution in [1.29, 1.82) is 0 Å². The number of methoxy groups -OCH3 is 1. The summed E-state index contributed by atoms with van der Waals surface area (Å²) in [5, 5.41) is 20.8. The first-order valence-corrected chi connectivity index (χ1v) is 17.5. The highest BCUT2D eigenvalue weighted by molar-refractivity contribution is 7.99. The molecule has 256 valence electrons. The lowest BCUT2D eigenvalue weighted by molar-refractivity contribution is 0.0600. The molecule has 0 spiro atoms. The van der Waals surface area contributed by atoms with E-state index in [9.17, 15) is 9.59 Å². The Balaban J connectivity index is 0.000000194. The Morgan fingerprint density at radius 1 is 0.680 bits per heavy atom. The van der Waals surface area contributed by atoms with Crippen molar-refractivity contribution >= 4 is 81.8 Å². The molecule has 0 saturated carbocycles. The van der Waals surface area contributed by atoms with Gasteiger partial charge in [-0.3, -0.25) is 10.0 Å². The van der Waals surface area contributed by atoms with Crippen LogP contribution in [0.3, 0.4) is 0 Å². The molecule has 6 aromatic rings. The fraction of sp³-hybridized carbons (Fsp3) is 0.0909. The molecule has 0 radical (unpaired) electrons. The minimum atomic E-state index is -0.563. The summed E-state index contributed by atoms with van der Waals surface area (Å²) < 4.78 is 8.00. The maximum atomic E-state index is 11.5. The first kappa shape index (κ1) is 37.2. The largest absolute Gasteiger partial charge is 0.465 e. The molecule has 0 aliphatic carbocycles. The lowest BCUT2D eigenvalue weighted by Crippen LogP contribution is -2.18. The van der Waals surface area contributed by atoms with Gasteiger partial charge in [0, 0.05) is 25.4 Å². The monoisotopic (exact) mass is 787 g/mol. The zero-order valence-corrected chi connectivity index (χ0v) is 30.9. The van der Waals surface area contributed by atoms with E-state index in [1.807, 2.05) is 26.0 Å². The zero-order chi connectivity index (χ0) is 35.9. The van der Waals surface area contributed by atoms with Crippen LogP contribution in [0.5, 0.6) is 0 Å². The van der Waals surface area contributed by atoms with E-state index in [1.54, 1.807) is 87.6 Å². The Labute approximate surface area is 314 Å². The van der Waals surface area contributed by atoms with Crippen LogP contribution in [0.25, 0.3) is 11.4 Å². The Bertz CT molecular complexity index is 2010. The van der Waals surface area contributed by atoms with E-state index in [1.165, 1.54) is 30.6 Å². The van der Waals surface area contributed by atoms with Gasteiger partial charge in [-0.2, -0.15) is 0 Å². The van der Waals surface area contributed by atoms with Gasteiger partial charge in [0.2, 0.25) is 10.3 Å². The molecule has 17 heteroatoms. The zero-order valence-electron chi connectivity index (χ0n) is 26.3. The second kappa shape index (κ2) is 16.8. The molecule has 6 rings (SSSR count). The van der Waals surface area contributed by atoms with Crippen molar-refractivity contribution < 1.29 is 19.5 Å². The Morgan fingerprint density at radius 3 is 1.48 bits per heavy atom. The maximum absolute atomic E-state index is 11.5. The fourth-order valence-electron chi connectivity index (χ4n) is 4.31. The summed E-state index contributed by atoms with van der Waals surface area (Å²) in [5.74, 6) is 0.459. The maximum Gasteiger partial charge on any atom is 0.337 e. The molecular weight excluding hydrogens is 764 g/mol. The molecule has 0 atom stereocenters. The van der Waals surface area contributed by atoms with Crippen LogP contribution in [0.2, 0.25) is 20.1 Å². The van der Waals surface area contributed by atoms with Crippen molar-refractivity contribution in [3.63, 3.8) is 0 Å². The second-order valence-electron chi connectivity index (χ2n) is 10.1. The number of rotatable bonds is 8. The van der Waals surface area contributed by atoms with Crippen molar-refractivity contribution in [2.24, 2.45) is 0 Å². The number of nitrogens with one attached hydrogen (secondary N) is 1. The summed E-state index contributed by atoms with van der Waals surface area (Å²) in [5.41, 5.74) is 3.85. The van der Waals surface area contributed by atoms with Gasteiger partial charge in [0.15, 0.2) is 0 Å². The molecule has 2 heterocycles. The van der Waals surface area contributed by atoms with Crippen molar-refractivity contribution in [1.82, 2.24) is 35.0 Å². The molecule has 2 N–H and O–H groups in total. The van der Waals surface area contributed by atoms with E-state index in [-0.39, 0.29) is 5.97 Å². The number of ether oxygens (including phenoxy) is 1. The van der Waals surface area contributed by atoms with Crippen LogP contribution < -0.4 is 5.48 Å². The summed E-state index contributed by atoms with van der Waals surface area (Å²) in [6.45, 7) is 3.68. The number of hydrogen-bond donors (Lipinski definition) is 2. The standard InChI is InChI=1S/C17H13Cl2N3O2S.C16H12Cl2N4O2S/c1-10-20-17(21-22(10)15-8-5-12(18)9-14(15)19)25-13-6-3-11(4-7-13)16(23)24-2;1-9-19-16(20-22(9)14-7-4-11(17)8-13(14)18)25-12-5-2-10(3-6-12)15(23)21-24/h3-9H,1-2H3;2-8,24H,1H3,(H,21,23). The van der Waals surface area contributed by atoms with Crippen LogP contribution in [-0.4, -0.2) is 53.7 Å². The van der Waals surface area contributed by atoms with Gasteiger partial charge in [0.25, 0.3) is 5.91 Å². The molecule has 0 fully saturated rings.